The number of aliphatic hydroxyl groups is 1. The predicted molar refractivity (Wildman–Crippen MR) is 66.4 cm³/mol. The quantitative estimate of drug-likeness (QED) is 0.831. The van der Waals surface area contributed by atoms with Crippen molar-refractivity contribution in [2.75, 3.05) is 6.61 Å². The molecule has 5 nitrogen and oxygen atoms in total. The first-order chi connectivity index (χ1) is 8.76. The molecular formula is C13H20N2O3. The Kier molecular flexibility index (Phi) is 4.36. The number of hydrogen-bond acceptors (Lipinski definition) is 4. The van der Waals surface area contributed by atoms with E-state index in [-0.39, 0.29) is 18.6 Å². The van der Waals surface area contributed by atoms with E-state index in [1.165, 1.54) is 0 Å². The first-order valence-corrected chi connectivity index (χ1v) is 6.65. The molecule has 2 rings (SSSR count). The van der Waals surface area contributed by atoms with Crippen molar-refractivity contribution in [3.63, 3.8) is 0 Å². The predicted octanol–water partition coefficient (Wildman–Crippen LogP) is 1.44. The maximum absolute atomic E-state index is 12.1. The first-order valence-electron chi connectivity index (χ1n) is 6.65. The summed E-state index contributed by atoms with van der Waals surface area (Å²) in [4.78, 5) is 12.1. The number of rotatable bonds is 5. The van der Waals surface area contributed by atoms with Crippen LogP contribution in [-0.2, 0) is 12.8 Å². The smallest absolute Gasteiger partial charge is 0.273 e. The molecule has 1 aliphatic carbocycles. The van der Waals surface area contributed by atoms with E-state index in [0.29, 0.717) is 12.1 Å². The summed E-state index contributed by atoms with van der Waals surface area (Å²) in [6, 6.07) is -0.00144. The zero-order valence-corrected chi connectivity index (χ0v) is 10.7. The minimum atomic E-state index is -0.179. The highest BCUT2D eigenvalue weighted by atomic mass is 16.5. The minimum Gasteiger partial charge on any atom is -0.396 e. The molecular weight excluding hydrogens is 232 g/mol. The van der Waals surface area contributed by atoms with Crippen LogP contribution in [0.15, 0.2) is 4.52 Å². The molecule has 1 amide bonds. The van der Waals surface area contributed by atoms with Crippen molar-refractivity contribution in [2.24, 2.45) is 0 Å². The fourth-order valence-corrected chi connectivity index (χ4v) is 2.35. The van der Waals surface area contributed by atoms with Crippen molar-refractivity contribution in [2.45, 2.75) is 51.5 Å². The SMILES string of the molecule is CCC(CCO)NC(=O)c1noc2c1CCCC2. The second-order valence-electron chi connectivity index (χ2n) is 4.73. The third-order valence-electron chi connectivity index (χ3n) is 3.47. The molecule has 0 saturated carbocycles. The third-order valence-corrected chi connectivity index (χ3v) is 3.47. The molecule has 1 heterocycles. The van der Waals surface area contributed by atoms with Gasteiger partial charge in [-0.25, -0.2) is 0 Å². The minimum absolute atomic E-state index is 0.00144. The number of carbonyl (C=O) groups is 1. The zero-order valence-electron chi connectivity index (χ0n) is 10.7. The molecule has 0 fully saturated rings. The molecule has 0 bridgehead atoms. The maximum atomic E-state index is 12.1. The van der Waals surface area contributed by atoms with Crippen molar-refractivity contribution in [3.8, 4) is 0 Å². The Bertz CT molecular complexity index is 414. The Balaban J connectivity index is 2.06. The average Bonchev–Trinajstić information content (AvgIpc) is 2.82. The summed E-state index contributed by atoms with van der Waals surface area (Å²) < 4.78 is 5.22. The summed E-state index contributed by atoms with van der Waals surface area (Å²) in [6.07, 6.45) is 5.31. The Morgan fingerprint density at radius 2 is 2.28 bits per heavy atom. The largest absolute Gasteiger partial charge is 0.396 e. The fourth-order valence-electron chi connectivity index (χ4n) is 2.35. The summed E-state index contributed by atoms with van der Waals surface area (Å²) in [5, 5.41) is 15.7. The van der Waals surface area contributed by atoms with Gasteiger partial charge in [0.2, 0.25) is 0 Å². The molecule has 1 atom stereocenters. The molecule has 1 aliphatic rings. The molecule has 1 aromatic rings. The van der Waals surface area contributed by atoms with E-state index in [0.717, 1.165) is 43.4 Å². The van der Waals surface area contributed by atoms with Gasteiger partial charge in [-0.05, 0) is 32.1 Å². The highest BCUT2D eigenvalue weighted by Crippen LogP contribution is 2.24. The second kappa shape index (κ2) is 6.00. The van der Waals surface area contributed by atoms with Gasteiger partial charge in [-0.1, -0.05) is 12.1 Å². The molecule has 1 aromatic heterocycles. The topological polar surface area (TPSA) is 75.4 Å². The zero-order chi connectivity index (χ0) is 13.0. The van der Waals surface area contributed by atoms with Crippen LogP contribution in [-0.4, -0.2) is 28.8 Å². The van der Waals surface area contributed by atoms with Crippen LogP contribution in [0.1, 0.15) is 54.4 Å². The van der Waals surface area contributed by atoms with E-state index in [4.69, 9.17) is 9.63 Å². The van der Waals surface area contributed by atoms with E-state index in [2.05, 4.69) is 10.5 Å². The Morgan fingerprint density at radius 1 is 1.50 bits per heavy atom. The molecule has 0 aliphatic heterocycles. The second-order valence-corrected chi connectivity index (χ2v) is 4.73. The van der Waals surface area contributed by atoms with Crippen LogP contribution in [0.3, 0.4) is 0 Å². The number of aromatic nitrogens is 1. The van der Waals surface area contributed by atoms with Crippen molar-refractivity contribution >= 4 is 5.91 Å². The van der Waals surface area contributed by atoms with Crippen LogP contribution in [0.2, 0.25) is 0 Å². The van der Waals surface area contributed by atoms with Crippen molar-refractivity contribution in [1.82, 2.24) is 10.5 Å². The van der Waals surface area contributed by atoms with Gasteiger partial charge in [-0.15, -0.1) is 0 Å². The first kappa shape index (κ1) is 13.1. The molecule has 0 spiro atoms. The van der Waals surface area contributed by atoms with E-state index in [1.54, 1.807) is 0 Å². The molecule has 0 aromatic carbocycles. The number of fused-ring (bicyclic) bond motifs is 1. The van der Waals surface area contributed by atoms with Gasteiger partial charge in [0.05, 0.1) is 0 Å². The standard InChI is InChI=1S/C13H20N2O3/c1-2-9(7-8-16)14-13(17)12-10-5-3-4-6-11(10)18-15-12/h9,16H,2-8H2,1H3,(H,14,17). The molecule has 5 heteroatoms. The molecule has 2 N–H and O–H groups in total. The fraction of sp³-hybridized carbons (Fsp3) is 0.692. The van der Waals surface area contributed by atoms with Gasteiger partial charge in [0, 0.05) is 24.6 Å². The lowest BCUT2D eigenvalue weighted by atomic mass is 9.96. The van der Waals surface area contributed by atoms with E-state index >= 15 is 0 Å². The summed E-state index contributed by atoms with van der Waals surface area (Å²) in [6.45, 7) is 2.06. The molecule has 18 heavy (non-hydrogen) atoms. The molecule has 1 unspecified atom stereocenters. The number of aliphatic hydroxyl groups excluding tert-OH is 1. The molecule has 100 valence electrons. The van der Waals surface area contributed by atoms with Gasteiger partial charge >= 0.3 is 0 Å². The Morgan fingerprint density at radius 3 is 3.00 bits per heavy atom. The van der Waals surface area contributed by atoms with Crippen LogP contribution < -0.4 is 5.32 Å². The Hall–Kier alpha value is -1.36. The van der Waals surface area contributed by atoms with Crippen LogP contribution in [0.4, 0.5) is 0 Å². The van der Waals surface area contributed by atoms with Crippen LogP contribution in [0, 0.1) is 0 Å². The lowest BCUT2D eigenvalue weighted by Gasteiger charge is -2.15. The monoisotopic (exact) mass is 252 g/mol. The lowest BCUT2D eigenvalue weighted by Crippen LogP contribution is -2.35. The van der Waals surface area contributed by atoms with Gasteiger partial charge in [0.25, 0.3) is 5.91 Å². The Labute approximate surface area is 107 Å². The number of nitrogens with zero attached hydrogens (tertiary/aromatic N) is 1. The van der Waals surface area contributed by atoms with Gasteiger partial charge in [-0.2, -0.15) is 0 Å². The third kappa shape index (κ3) is 2.72. The number of hydrogen-bond donors (Lipinski definition) is 2. The number of carbonyl (C=O) groups excluding carboxylic acids is 1. The van der Waals surface area contributed by atoms with Crippen molar-refractivity contribution < 1.29 is 14.4 Å². The maximum Gasteiger partial charge on any atom is 0.273 e. The van der Waals surface area contributed by atoms with Gasteiger partial charge in [0.15, 0.2) is 5.69 Å². The van der Waals surface area contributed by atoms with Gasteiger partial charge in [-0.3, -0.25) is 4.79 Å². The average molecular weight is 252 g/mol. The summed E-state index contributed by atoms with van der Waals surface area (Å²) in [5.41, 5.74) is 1.40. The molecule has 0 radical (unpaired) electrons. The van der Waals surface area contributed by atoms with Crippen LogP contribution in [0.25, 0.3) is 0 Å². The van der Waals surface area contributed by atoms with Crippen molar-refractivity contribution in [1.29, 1.82) is 0 Å². The van der Waals surface area contributed by atoms with E-state index in [9.17, 15) is 4.79 Å². The highest BCUT2D eigenvalue weighted by molar-refractivity contribution is 5.94. The lowest BCUT2D eigenvalue weighted by molar-refractivity contribution is 0.0919. The normalized spacial score (nSPS) is 16.1. The van der Waals surface area contributed by atoms with Crippen LogP contribution >= 0.6 is 0 Å². The van der Waals surface area contributed by atoms with Crippen molar-refractivity contribution in [3.05, 3.63) is 17.0 Å². The number of aryl methyl sites for hydroxylation is 1. The summed E-state index contributed by atoms with van der Waals surface area (Å²) >= 11 is 0. The van der Waals surface area contributed by atoms with E-state index in [1.807, 2.05) is 6.92 Å². The number of amides is 1. The highest BCUT2D eigenvalue weighted by Gasteiger charge is 2.24. The molecule has 0 saturated heterocycles. The number of nitrogens with one attached hydrogen (secondary N) is 1. The van der Waals surface area contributed by atoms with E-state index < -0.39 is 0 Å². The van der Waals surface area contributed by atoms with Gasteiger partial charge in [0.1, 0.15) is 5.76 Å². The van der Waals surface area contributed by atoms with Crippen LogP contribution in [0.5, 0.6) is 0 Å². The van der Waals surface area contributed by atoms with Gasteiger partial charge < -0.3 is 14.9 Å². The summed E-state index contributed by atoms with van der Waals surface area (Å²) in [5.74, 6) is 0.684. The summed E-state index contributed by atoms with van der Waals surface area (Å²) in [7, 11) is 0.